The lowest BCUT2D eigenvalue weighted by Gasteiger charge is -2.44. The molecular weight excluding hydrogens is 364 g/mol. The number of sulfone groups is 1. The normalized spacial score (nSPS) is 25.6. The van der Waals surface area contributed by atoms with Crippen molar-refractivity contribution in [2.24, 2.45) is 0 Å². The molecule has 3 rings (SSSR count). The Hall–Kier alpha value is -1.31. The van der Waals surface area contributed by atoms with Crippen molar-refractivity contribution in [2.45, 2.75) is 25.4 Å². The predicted molar refractivity (Wildman–Crippen MR) is 97.1 cm³/mol. The maximum atomic E-state index is 13.0. The van der Waals surface area contributed by atoms with Gasteiger partial charge in [0.15, 0.2) is 9.84 Å². The number of halogens is 1. The number of nitrogens with zero attached hydrogens (tertiary/aromatic N) is 2. The number of carbonyl (C=O) groups excluding carboxylic acids is 1. The first-order valence-electron chi connectivity index (χ1n) is 8.45. The zero-order valence-electron chi connectivity index (χ0n) is 14.4. The number of piperazine rings is 1. The van der Waals surface area contributed by atoms with Crippen LogP contribution >= 0.6 is 11.6 Å². The van der Waals surface area contributed by atoms with Crippen LogP contribution in [-0.4, -0.2) is 74.5 Å². The van der Waals surface area contributed by atoms with Crippen molar-refractivity contribution in [1.82, 2.24) is 9.80 Å². The molecule has 0 aromatic heterocycles. The third kappa shape index (κ3) is 3.64. The summed E-state index contributed by atoms with van der Waals surface area (Å²) in [6.07, 6.45) is 0.964. The van der Waals surface area contributed by atoms with Crippen molar-refractivity contribution >= 4 is 27.3 Å². The first kappa shape index (κ1) is 18.5. The van der Waals surface area contributed by atoms with Crippen LogP contribution in [0.1, 0.15) is 23.7 Å². The largest absolute Gasteiger partial charge is 0.495 e. The Bertz CT molecular complexity index is 768. The van der Waals surface area contributed by atoms with Gasteiger partial charge in [0.25, 0.3) is 5.91 Å². The zero-order chi connectivity index (χ0) is 18.2. The van der Waals surface area contributed by atoms with E-state index < -0.39 is 9.84 Å². The molecule has 1 aromatic rings. The Morgan fingerprint density at radius 1 is 1.28 bits per heavy atom. The van der Waals surface area contributed by atoms with E-state index in [-0.39, 0.29) is 29.5 Å². The van der Waals surface area contributed by atoms with E-state index in [1.54, 1.807) is 23.1 Å². The number of ether oxygens (including phenoxy) is 1. The predicted octanol–water partition coefficient (Wildman–Crippen LogP) is 1.68. The number of hydrogen-bond acceptors (Lipinski definition) is 5. The van der Waals surface area contributed by atoms with Crippen LogP contribution in [0.25, 0.3) is 0 Å². The van der Waals surface area contributed by atoms with E-state index in [0.29, 0.717) is 29.4 Å². The van der Waals surface area contributed by atoms with Crippen LogP contribution in [-0.2, 0) is 9.84 Å². The van der Waals surface area contributed by atoms with Gasteiger partial charge in [-0.05, 0) is 31.2 Å². The van der Waals surface area contributed by atoms with Gasteiger partial charge >= 0.3 is 0 Å². The molecule has 1 aromatic carbocycles. The molecule has 0 radical (unpaired) electrons. The lowest BCUT2D eigenvalue weighted by molar-refractivity contribution is 0.0333. The van der Waals surface area contributed by atoms with E-state index in [4.69, 9.17) is 16.3 Å². The van der Waals surface area contributed by atoms with Crippen LogP contribution in [0.2, 0.25) is 5.02 Å². The molecule has 0 bridgehead atoms. The van der Waals surface area contributed by atoms with Crippen molar-refractivity contribution < 1.29 is 17.9 Å². The van der Waals surface area contributed by atoms with Crippen molar-refractivity contribution in [3.05, 3.63) is 28.8 Å². The molecule has 8 heteroatoms. The second-order valence-electron chi connectivity index (χ2n) is 6.60. The van der Waals surface area contributed by atoms with Gasteiger partial charge in [-0.2, -0.15) is 0 Å². The summed E-state index contributed by atoms with van der Waals surface area (Å²) in [7, 11) is -1.61. The number of fused-ring (bicyclic) bond motifs is 1. The third-order valence-corrected chi connectivity index (χ3v) is 6.96. The Balaban J connectivity index is 1.87. The van der Waals surface area contributed by atoms with E-state index >= 15 is 0 Å². The number of amides is 1. The SMILES string of the molecule is CCCN1CCN(C(=O)c2ccc(OC)c(Cl)c2)[C@H]2CS(=O)(=O)C[C@H]21. The molecule has 2 aliphatic rings. The number of carbonyl (C=O) groups is 1. The molecule has 25 heavy (non-hydrogen) atoms. The first-order valence-corrected chi connectivity index (χ1v) is 10.6. The van der Waals surface area contributed by atoms with Crippen LogP contribution in [0.3, 0.4) is 0 Å². The van der Waals surface area contributed by atoms with Crippen LogP contribution in [0.15, 0.2) is 18.2 Å². The van der Waals surface area contributed by atoms with E-state index in [9.17, 15) is 13.2 Å². The molecule has 138 valence electrons. The highest BCUT2D eigenvalue weighted by Gasteiger charge is 2.47. The summed E-state index contributed by atoms with van der Waals surface area (Å²) in [5.74, 6) is 0.498. The van der Waals surface area contributed by atoms with Crippen molar-refractivity contribution in [2.75, 3.05) is 38.2 Å². The maximum Gasteiger partial charge on any atom is 0.254 e. The average molecular weight is 387 g/mol. The summed E-state index contributed by atoms with van der Waals surface area (Å²) in [6, 6.07) is 4.50. The van der Waals surface area contributed by atoms with Gasteiger partial charge in [0.2, 0.25) is 0 Å². The summed E-state index contributed by atoms with van der Waals surface area (Å²) in [5, 5.41) is 0.369. The number of hydrogen-bond donors (Lipinski definition) is 0. The summed E-state index contributed by atoms with van der Waals surface area (Å²) >= 11 is 6.13. The van der Waals surface area contributed by atoms with Gasteiger partial charge in [-0.3, -0.25) is 9.69 Å². The highest BCUT2D eigenvalue weighted by atomic mass is 35.5. The number of methoxy groups -OCH3 is 1. The molecule has 1 amide bonds. The summed E-state index contributed by atoms with van der Waals surface area (Å²) in [6.45, 7) is 4.15. The number of rotatable bonds is 4. The standard InChI is InChI=1S/C17H23ClN2O4S/c1-3-6-19-7-8-20(15-11-25(22,23)10-14(15)19)17(21)12-4-5-16(24-2)13(18)9-12/h4-5,9,14-15H,3,6-8,10-11H2,1-2H3/t14-,15+/m1/s1. The molecule has 2 aliphatic heterocycles. The lowest BCUT2D eigenvalue weighted by atomic mass is 10.0. The maximum absolute atomic E-state index is 13.0. The fourth-order valence-corrected chi connectivity index (χ4v) is 6.08. The second-order valence-corrected chi connectivity index (χ2v) is 9.16. The first-order chi connectivity index (χ1) is 11.9. The molecule has 2 heterocycles. The van der Waals surface area contributed by atoms with Crippen LogP contribution in [0.4, 0.5) is 0 Å². The smallest absolute Gasteiger partial charge is 0.254 e. The second kappa shape index (κ2) is 7.13. The van der Waals surface area contributed by atoms with Gasteiger partial charge in [-0.15, -0.1) is 0 Å². The zero-order valence-corrected chi connectivity index (χ0v) is 16.0. The summed E-state index contributed by atoms with van der Waals surface area (Å²) in [4.78, 5) is 16.9. The molecule has 0 spiro atoms. The minimum absolute atomic E-state index is 0.0352. The van der Waals surface area contributed by atoms with Gasteiger partial charge in [-0.25, -0.2) is 8.42 Å². The van der Waals surface area contributed by atoms with Crippen molar-refractivity contribution in [1.29, 1.82) is 0 Å². The van der Waals surface area contributed by atoms with Crippen molar-refractivity contribution in [3.63, 3.8) is 0 Å². The molecule has 2 saturated heterocycles. The fraction of sp³-hybridized carbons (Fsp3) is 0.588. The summed E-state index contributed by atoms with van der Waals surface area (Å²) in [5.41, 5.74) is 0.456. The van der Waals surface area contributed by atoms with Gasteiger partial charge in [0.1, 0.15) is 5.75 Å². The van der Waals surface area contributed by atoms with Crippen LogP contribution < -0.4 is 4.74 Å². The van der Waals surface area contributed by atoms with Crippen LogP contribution in [0.5, 0.6) is 5.75 Å². The van der Waals surface area contributed by atoms with Gasteiger partial charge in [0, 0.05) is 24.7 Å². The molecule has 6 nitrogen and oxygen atoms in total. The quantitative estimate of drug-likeness (QED) is 0.787. The van der Waals surface area contributed by atoms with E-state index in [0.717, 1.165) is 13.0 Å². The van der Waals surface area contributed by atoms with E-state index in [1.807, 2.05) is 0 Å². The summed E-state index contributed by atoms with van der Waals surface area (Å²) < 4.78 is 29.5. The average Bonchev–Trinajstić information content (AvgIpc) is 2.90. The van der Waals surface area contributed by atoms with Crippen molar-refractivity contribution in [3.8, 4) is 5.75 Å². The van der Waals surface area contributed by atoms with Crippen LogP contribution in [0, 0.1) is 0 Å². The lowest BCUT2D eigenvalue weighted by Crippen LogP contribution is -2.60. The Morgan fingerprint density at radius 3 is 2.64 bits per heavy atom. The van der Waals surface area contributed by atoms with E-state index in [2.05, 4.69) is 11.8 Å². The molecule has 0 N–H and O–H groups in total. The van der Waals surface area contributed by atoms with Gasteiger partial charge in [0.05, 0.1) is 29.7 Å². The highest BCUT2D eigenvalue weighted by molar-refractivity contribution is 7.91. The Labute approximate surface area is 153 Å². The highest BCUT2D eigenvalue weighted by Crippen LogP contribution is 2.30. The minimum atomic E-state index is -3.13. The molecule has 0 saturated carbocycles. The molecule has 0 aliphatic carbocycles. The Morgan fingerprint density at radius 2 is 2.00 bits per heavy atom. The molecule has 0 unspecified atom stereocenters. The minimum Gasteiger partial charge on any atom is -0.495 e. The molecule has 2 fully saturated rings. The van der Waals surface area contributed by atoms with E-state index in [1.165, 1.54) is 7.11 Å². The third-order valence-electron chi connectivity index (χ3n) is 4.96. The molecule has 2 atom stereocenters. The van der Waals surface area contributed by atoms with Gasteiger partial charge < -0.3 is 9.64 Å². The Kier molecular flexibility index (Phi) is 5.27. The van der Waals surface area contributed by atoms with Gasteiger partial charge in [-0.1, -0.05) is 18.5 Å². The monoisotopic (exact) mass is 386 g/mol. The molecular formula is C17H23ClN2O4S. The fourth-order valence-electron chi connectivity index (χ4n) is 3.81. The topological polar surface area (TPSA) is 66.9 Å². The number of benzene rings is 1.